The summed E-state index contributed by atoms with van der Waals surface area (Å²) in [4.78, 5) is 67.1. The summed E-state index contributed by atoms with van der Waals surface area (Å²) in [5.74, 6) is 0.534. The van der Waals surface area contributed by atoms with Gasteiger partial charge in [0.25, 0.3) is 22.9 Å². The van der Waals surface area contributed by atoms with Crippen molar-refractivity contribution in [3.8, 4) is 11.5 Å². The number of hydrogen-bond donors (Lipinski definition) is 4. The van der Waals surface area contributed by atoms with Crippen LogP contribution in [0.3, 0.4) is 0 Å². The highest BCUT2D eigenvalue weighted by Gasteiger charge is 2.26. The largest absolute Gasteiger partial charge is 0.478 e. The average Bonchev–Trinajstić information content (AvgIpc) is 3.35. The molecule has 3 aliphatic rings. The molecule has 17 nitrogen and oxygen atoms in total. The molecule has 1 aliphatic carbocycles. The number of halogens is 4. The summed E-state index contributed by atoms with van der Waals surface area (Å²) in [6.45, 7) is 5.97. The van der Waals surface area contributed by atoms with Crippen molar-refractivity contribution < 1.29 is 27.8 Å². The first kappa shape index (κ1) is 50.7. The molecule has 2 amide bonds. The molecule has 2 saturated heterocycles. The highest BCUT2D eigenvalue weighted by Crippen LogP contribution is 2.37. The van der Waals surface area contributed by atoms with Crippen LogP contribution < -0.4 is 51.7 Å². The maximum absolute atomic E-state index is 15.8. The lowest BCUT2D eigenvalue weighted by Gasteiger charge is -2.30. The first-order valence-corrected chi connectivity index (χ1v) is 24.6. The minimum absolute atomic E-state index is 0.128. The van der Waals surface area contributed by atoms with E-state index in [2.05, 4.69) is 41.1 Å². The molecule has 0 unspecified atom stereocenters. The second-order valence-electron chi connectivity index (χ2n) is 18.0. The van der Waals surface area contributed by atoms with Gasteiger partial charge in [-0.2, -0.15) is 4.98 Å². The van der Waals surface area contributed by atoms with Gasteiger partial charge in [-0.25, -0.2) is 18.7 Å². The molecule has 2 aromatic carbocycles. The summed E-state index contributed by atoms with van der Waals surface area (Å²) < 4.78 is 43.6. The van der Waals surface area contributed by atoms with Crippen molar-refractivity contribution in [2.45, 2.75) is 83.5 Å². The highest BCUT2D eigenvalue weighted by molar-refractivity contribution is 6.33. The fourth-order valence-corrected chi connectivity index (χ4v) is 9.04. The Morgan fingerprint density at radius 2 is 1.41 bits per heavy atom. The number of nitrogens with one attached hydrogen (secondary N) is 4. The molecule has 0 spiro atoms. The van der Waals surface area contributed by atoms with Crippen molar-refractivity contribution in [1.29, 1.82) is 0 Å². The standard InChI is InChI=1S/C25H28ClF2N5O3.C25H29ClN6O3/c1-14(2)33-20-5-4-18(24(28)16(20)10-21(25(33)35)36-13-23(34)29-3)31-19-11-22(30-12-17(19)26)32-8-6-15(27)7-9-32;1-27-22(33)15-35-21-13-16-12-17(8-9-20(16)32(24(21)34)18-6-5-7-18)29-23-19(26)14-28-25(30-23)31-10-3-2-4-11-31/h4-5,10-12,14-15H,6-9,13H2,1-3H3,(H,29,34)(H,30,31);8-9,12-14,18H,2-7,10-11,15H2,1H3,(H,27,33)(H,28,29,30). The number of rotatable bonds is 14. The number of carbonyl (C=O) groups is 2. The van der Waals surface area contributed by atoms with Crippen molar-refractivity contribution in [3.63, 3.8) is 0 Å². The number of hydrogen-bond acceptors (Lipinski definition) is 13. The first-order valence-electron chi connectivity index (χ1n) is 23.8. The van der Waals surface area contributed by atoms with Gasteiger partial charge in [-0.3, -0.25) is 19.2 Å². The van der Waals surface area contributed by atoms with Crippen molar-refractivity contribution in [3.05, 3.63) is 97.5 Å². The van der Waals surface area contributed by atoms with Gasteiger partial charge in [-0.1, -0.05) is 23.2 Å². The number of piperidine rings is 2. The van der Waals surface area contributed by atoms with Gasteiger partial charge in [0.2, 0.25) is 5.95 Å². The smallest absolute Gasteiger partial charge is 0.293 e. The number of alkyl halides is 1. The topological polar surface area (TPSA) is 190 Å². The van der Waals surface area contributed by atoms with E-state index in [9.17, 15) is 23.6 Å². The van der Waals surface area contributed by atoms with E-state index in [1.165, 1.54) is 43.4 Å². The van der Waals surface area contributed by atoms with E-state index in [1.54, 1.807) is 42.8 Å². The van der Waals surface area contributed by atoms with E-state index in [1.807, 2.05) is 23.1 Å². The molecule has 6 aromatic rings. The molecule has 0 bridgehead atoms. The Bertz CT molecular complexity index is 3050. The first-order chi connectivity index (χ1) is 34.2. The summed E-state index contributed by atoms with van der Waals surface area (Å²) in [5.41, 5.74) is 1.91. The number of benzene rings is 2. The third kappa shape index (κ3) is 11.6. The number of anilines is 6. The van der Waals surface area contributed by atoms with Gasteiger partial charge in [-0.05, 0) is 108 Å². The number of fused-ring (bicyclic) bond motifs is 2. The van der Waals surface area contributed by atoms with Crippen LogP contribution in [0, 0.1) is 5.82 Å². The van der Waals surface area contributed by atoms with Crippen LogP contribution in [0.25, 0.3) is 21.8 Å². The normalized spacial score (nSPS) is 15.2. The molecular weight excluding hydrogens is 960 g/mol. The highest BCUT2D eigenvalue weighted by atomic mass is 35.5. The van der Waals surface area contributed by atoms with Crippen LogP contribution in [0.4, 0.5) is 43.4 Å². The van der Waals surface area contributed by atoms with Crippen molar-refractivity contribution in [2.75, 3.05) is 73.9 Å². The number of nitrogens with zero attached hydrogens (tertiary/aromatic N) is 7. The summed E-state index contributed by atoms with van der Waals surface area (Å²) >= 11 is 12.8. The zero-order valence-electron chi connectivity index (χ0n) is 40.0. The minimum atomic E-state index is -0.814. The average molecular weight is 1020 g/mol. The Labute approximate surface area is 418 Å². The Balaban J connectivity index is 0.000000190. The number of aromatic nitrogens is 5. The summed E-state index contributed by atoms with van der Waals surface area (Å²) in [6, 6.07) is 13.5. The maximum atomic E-state index is 15.8. The molecule has 21 heteroatoms. The van der Waals surface area contributed by atoms with Gasteiger partial charge < -0.3 is 49.7 Å². The van der Waals surface area contributed by atoms with Crippen LogP contribution in [0.2, 0.25) is 10.0 Å². The SMILES string of the molecule is CNC(=O)COc1cc2c(F)c(Nc3cc(N4CCC(F)CC4)ncc3Cl)ccc2n(C(C)C)c1=O.CNC(=O)COc1cc2cc(Nc3nc(N4CCCCC4)ncc3Cl)ccc2n(C2CCC2)c1=O. The van der Waals surface area contributed by atoms with E-state index >= 15 is 4.39 Å². The lowest BCUT2D eigenvalue weighted by Crippen LogP contribution is -2.34. The summed E-state index contributed by atoms with van der Waals surface area (Å²) in [7, 11) is 2.99. The number of ether oxygens (including phenoxy) is 2. The second-order valence-corrected chi connectivity index (χ2v) is 18.8. The van der Waals surface area contributed by atoms with E-state index in [-0.39, 0.29) is 59.3 Å². The van der Waals surface area contributed by atoms with Gasteiger partial charge in [0.15, 0.2) is 36.3 Å². The fraction of sp³-hybridized carbons (Fsp3) is 0.420. The molecule has 71 heavy (non-hydrogen) atoms. The van der Waals surface area contributed by atoms with Gasteiger partial charge in [-0.15, -0.1) is 0 Å². The molecule has 0 radical (unpaired) electrons. The van der Waals surface area contributed by atoms with Crippen LogP contribution in [0.15, 0.2) is 70.5 Å². The third-order valence-electron chi connectivity index (χ3n) is 12.8. The molecule has 0 atom stereocenters. The van der Waals surface area contributed by atoms with Crippen LogP contribution in [-0.4, -0.2) is 95.6 Å². The van der Waals surface area contributed by atoms with Gasteiger partial charge in [0.1, 0.15) is 17.0 Å². The molecule has 3 fully saturated rings. The third-order valence-corrected chi connectivity index (χ3v) is 13.4. The Hall–Kier alpha value is -6.73. The monoisotopic (exact) mass is 1020 g/mol. The molecular formula is C50H57Cl2F2N11O6. The molecule has 4 N–H and O–H groups in total. The quantitative estimate of drug-likeness (QED) is 0.0813. The van der Waals surface area contributed by atoms with Crippen molar-refractivity contribution >= 4 is 91.5 Å². The Morgan fingerprint density at radius 1 is 0.746 bits per heavy atom. The van der Waals surface area contributed by atoms with E-state index in [0.29, 0.717) is 64.8 Å². The summed E-state index contributed by atoms with van der Waals surface area (Å²) in [5, 5.41) is 13.0. The van der Waals surface area contributed by atoms with Crippen molar-refractivity contribution in [2.24, 2.45) is 0 Å². The van der Waals surface area contributed by atoms with Gasteiger partial charge in [0.05, 0.1) is 39.8 Å². The van der Waals surface area contributed by atoms with Crippen molar-refractivity contribution in [1.82, 2.24) is 34.7 Å². The lowest BCUT2D eigenvalue weighted by atomic mass is 9.92. The Kier molecular flexibility index (Phi) is 16.1. The predicted molar refractivity (Wildman–Crippen MR) is 274 cm³/mol. The van der Waals surface area contributed by atoms with Gasteiger partial charge in [0, 0.05) is 74.9 Å². The lowest BCUT2D eigenvalue weighted by molar-refractivity contribution is -0.123. The molecule has 4 aromatic heterocycles. The minimum Gasteiger partial charge on any atom is -0.478 e. The zero-order chi connectivity index (χ0) is 50.3. The van der Waals surface area contributed by atoms with Crippen LogP contribution >= 0.6 is 23.2 Å². The second kappa shape index (κ2) is 22.6. The summed E-state index contributed by atoms with van der Waals surface area (Å²) in [6.07, 6.45) is 9.61. The fourth-order valence-electron chi connectivity index (χ4n) is 8.75. The van der Waals surface area contributed by atoms with Crippen LogP contribution in [0.1, 0.15) is 77.3 Å². The number of amides is 2. The maximum Gasteiger partial charge on any atom is 0.293 e. The Morgan fingerprint density at radius 3 is 2.06 bits per heavy atom. The molecule has 376 valence electrons. The molecule has 6 heterocycles. The number of likely N-dealkylation sites (N-methyl/N-ethyl adjacent to an activating group) is 2. The van der Waals surface area contributed by atoms with Gasteiger partial charge >= 0.3 is 0 Å². The zero-order valence-corrected chi connectivity index (χ0v) is 41.5. The molecule has 1 saturated carbocycles. The number of pyridine rings is 3. The molecule has 2 aliphatic heterocycles. The van der Waals surface area contributed by atoms with Crippen LogP contribution in [-0.2, 0) is 9.59 Å². The predicted octanol–water partition coefficient (Wildman–Crippen LogP) is 8.61. The van der Waals surface area contributed by atoms with E-state index in [4.69, 9.17) is 32.7 Å². The van der Waals surface area contributed by atoms with E-state index in [0.717, 1.165) is 61.8 Å². The van der Waals surface area contributed by atoms with Crippen LogP contribution in [0.5, 0.6) is 11.5 Å². The van der Waals surface area contributed by atoms with E-state index < -0.39 is 23.5 Å². The molecule has 9 rings (SSSR count). The number of carbonyl (C=O) groups excluding carboxylic acids is 2.